The minimum Gasteiger partial charge on any atom is -0.462 e. The van der Waals surface area contributed by atoms with Crippen molar-refractivity contribution in [3.8, 4) is 0 Å². The number of likely N-dealkylation sites (tertiary alicyclic amines) is 1. The van der Waals surface area contributed by atoms with E-state index in [1.165, 1.54) is 44.9 Å². The number of piperidine rings is 1. The molecule has 1 saturated heterocycles. The van der Waals surface area contributed by atoms with Crippen LogP contribution in [0, 0.1) is 29.6 Å². The van der Waals surface area contributed by atoms with E-state index in [2.05, 4.69) is 11.8 Å². The molecule has 4 rings (SSSR count). The summed E-state index contributed by atoms with van der Waals surface area (Å²) in [7, 11) is 0. The van der Waals surface area contributed by atoms with Crippen LogP contribution in [0.15, 0.2) is 0 Å². The maximum absolute atomic E-state index is 12.5. The predicted molar refractivity (Wildman–Crippen MR) is 86.4 cm³/mol. The second-order valence-electron chi connectivity index (χ2n) is 8.39. The first-order chi connectivity index (χ1) is 10.7. The summed E-state index contributed by atoms with van der Waals surface area (Å²) in [6.45, 7) is 5.28. The number of hydrogen-bond donors (Lipinski definition) is 0. The van der Waals surface area contributed by atoms with Gasteiger partial charge in [-0.25, -0.2) is 0 Å². The summed E-state index contributed by atoms with van der Waals surface area (Å²) in [5.74, 6) is 3.53. The topological polar surface area (TPSA) is 29.5 Å². The van der Waals surface area contributed by atoms with Crippen LogP contribution in [0.5, 0.6) is 0 Å². The van der Waals surface area contributed by atoms with Crippen LogP contribution in [0.4, 0.5) is 0 Å². The van der Waals surface area contributed by atoms with Gasteiger partial charge in [-0.1, -0.05) is 19.8 Å². The van der Waals surface area contributed by atoms with Gasteiger partial charge in [0.25, 0.3) is 0 Å². The molecule has 5 unspecified atom stereocenters. The van der Waals surface area contributed by atoms with E-state index in [1.807, 2.05) is 0 Å². The van der Waals surface area contributed by atoms with E-state index in [-0.39, 0.29) is 18.0 Å². The van der Waals surface area contributed by atoms with Crippen LogP contribution in [0.25, 0.3) is 0 Å². The van der Waals surface area contributed by atoms with Crippen LogP contribution in [0.1, 0.15) is 58.3 Å². The highest BCUT2D eigenvalue weighted by Crippen LogP contribution is 2.59. The zero-order valence-electron chi connectivity index (χ0n) is 14.0. The Bertz CT molecular complexity index is 418. The molecule has 124 valence electrons. The molecule has 4 aliphatic rings. The zero-order chi connectivity index (χ0) is 15.1. The molecule has 0 aromatic carbocycles. The van der Waals surface area contributed by atoms with Crippen molar-refractivity contribution in [2.24, 2.45) is 29.6 Å². The highest BCUT2D eigenvalue weighted by Gasteiger charge is 2.55. The van der Waals surface area contributed by atoms with E-state index in [1.54, 1.807) is 0 Å². The summed E-state index contributed by atoms with van der Waals surface area (Å²) in [4.78, 5) is 14.9. The summed E-state index contributed by atoms with van der Waals surface area (Å²) in [5, 5.41) is 0. The molecule has 22 heavy (non-hydrogen) atoms. The maximum Gasteiger partial charge on any atom is 0.310 e. The molecule has 0 spiro atoms. The SMILES string of the molecule is CC(CN1CCCCC1)C(=O)OC1CC2C[C@H]1C1CCCC21. The molecule has 1 heterocycles. The quantitative estimate of drug-likeness (QED) is 0.745. The Morgan fingerprint density at radius 2 is 1.82 bits per heavy atom. The summed E-state index contributed by atoms with van der Waals surface area (Å²) in [6, 6.07) is 0. The van der Waals surface area contributed by atoms with E-state index in [0.29, 0.717) is 5.92 Å². The van der Waals surface area contributed by atoms with Gasteiger partial charge in [0.2, 0.25) is 0 Å². The molecule has 4 fully saturated rings. The Balaban J connectivity index is 1.29. The number of ether oxygens (including phenoxy) is 1. The Morgan fingerprint density at radius 3 is 2.64 bits per heavy atom. The van der Waals surface area contributed by atoms with E-state index >= 15 is 0 Å². The molecular weight excluding hydrogens is 274 g/mol. The molecule has 2 bridgehead atoms. The van der Waals surface area contributed by atoms with E-state index in [0.717, 1.165) is 43.8 Å². The highest BCUT2D eigenvalue weighted by molar-refractivity contribution is 5.72. The summed E-state index contributed by atoms with van der Waals surface area (Å²) >= 11 is 0. The van der Waals surface area contributed by atoms with Crippen LogP contribution < -0.4 is 0 Å². The number of carbonyl (C=O) groups excluding carboxylic acids is 1. The van der Waals surface area contributed by atoms with Gasteiger partial charge in [-0.3, -0.25) is 4.79 Å². The first-order valence-electron chi connectivity index (χ1n) is 9.65. The smallest absolute Gasteiger partial charge is 0.310 e. The van der Waals surface area contributed by atoms with Crippen molar-refractivity contribution in [3.05, 3.63) is 0 Å². The standard InChI is InChI=1S/C19H31NO2/c1-13(12-20-8-3-2-4-9-20)19(21)22-18-11-14-10-17(18)16-7-5-6-15(14)16/h13-18H,2-12H2,1H3/t13?,14?,15?,16?,17-,18?/m0/s1. The second-order valence-corrected chi connectivity index (χ2v) is 8.39. The summed E-state index contributed by atoms with van der Waals surface area (Å²) in [5.41, 5.74) is 0. The number of rotatable bonds is 4. The van der Waals surface area contributed by atoms with Gasteiger partial charge in [0.1, 0.15) is 6.10 Å². The van der Waals surface area contributed by atoms with Crippen molar-refractivity contribution in [2.45, 2.75) is 64.4 Å². The van der Waals surface area contributed by atoms with Gasteiger partial charge < -0.3 is 9.64 Å². The van der Waals surface area contributed by atoms with Crippen LogP contribution in [0.3, 0.4) is 0 Å². The molecule has 3 heteroatoms. The van der Waals surface area contributed by atoms with Gasteiger partial charge in [-0.15, -0.1) is 0 Å². The van der Waals surface area contributed by atoms with Crippen molar-refractivity contribution in [1.29, 1.82) is 0 Å². The lowest BCUT2D eigenvalue weighted by Crippen LogP contribution is -2.38. The average Bonchev–Trinajstić information content (AvgIpc) is 3.20. The first kappa shape index (κ1) is 15.0. The van der Waals surface area contributed by atoms with Gasteiger partial charge in [-0.05, 0) is 75.3 Å². The number of fused-ring (bicyclic) bond motifs is 5. The lowest BCUT2D eigenvalue weighted by molar-refractivity contribution is -0.158. The Kier molecular flexibility index (Phi) is 4.19. The van der Waals surface area contributed by atoms with Crippen LogP contribution in [-0.2, 0) is 9.53 Å². The fraction of sp³-hybridized carbons (Fsp3) is 0.947. The largest absolute Gasteiger partial charge is 0.462 e. The predicted octanol–water partition coefficient (Wildman–Crippen LogP) is 3.48. The van der Waals surface area contributed by atoms with Crippen LogP contribution >= 0.6 is 0 Å². The number of esters is 1. The van der Waals surface area contributed by atoms with Gasteiger partial charge >= 0.3 is 5.97 Å². The maximum atomic E-state index is 12.5. The Labute approximate surface area is 134 Å². The van der Waals surface area contributed by atoms with E-state index < -0.39 is 0 Å². The monoisotopic (exact) mass is 305 g/mol. The van der Waals surface area contributed by atoms with Crippen molar-refractivity contribution >= 4 is 5.97 Å². The van der Waals surface area contributed by atoms with E-state index in [9.17, 15) is 4.79 Å². The molecule has 0 amide bonds. The van der Waals surface area contributed by atoms with Gasteiger partial charge in [0.15, 0.2) is 0 Å². The third-order valence-corrected chi connectivity index (χ3v) is 7.02. The lowest BCUT2D eigenvalue weighted by atomic mass is 9.80. The zero-order valence-corrected chi connectivity index (χ0v) is 14.0. The molecule has 1 aliphatic heterocycles. The molecule has 3 aliphatic carbocycles. The number of hydrogen-bond acceptors (Lipinski definition) is 3. The fourth-order valence-corrected chi connectivity index (χ4v) is 6.01. The average molecular weight is 305 g/mol. The van der Waals surface area contributed by atoms with Crippen molar-refractivity contribution in [3.63, 3.8) is 0 Å². The third kappa shape index (κ3) is 2.70. The number of nitrogens with zero attached hydrogens (tertiary/aromatic N) is 1. The van der Waals surface area contributed by atoms with Gasteiger partial charge in [0, 0.05) is 6.54 Å². The fourth-order valence-electron chi connectivity index (χ4n) is 6.01. The molecule has 0 aromatic heterocycles. The van der Waals surface area contributed by atoms with Crippen LogP contribution in [0.2, 0.25) is 0 Å². The summed E-state index contributed by atoms with van der Waals surface area (Å²) < 4.78 is 5.99. The van der Waals surface area contributed by atoms with Crippen molar-refractivity contribution in [2.75, 3.05) is 19.6 Å². The van der Waals surface area contributed by atoms with Gasteiger partial charge in [0.05, 0.1) is 5.92 Å². The second kappa shape index (κ2) is 6.14. The molecule has 3 saturated carbocycles. The minimum absolute atomic E-state index is 0.0385. The van der Waals surface area contributed by atoms with Crippen LogP contribution in [-0.4, -0.2) is 36.6 Å². The molecule has 6 atom stereocenters. The molecule has 0 aromatic rings. The van der Waals surface area contributed by atoms with Crippen molar-refractivity contribution in [1.82, 2.24) is 4.90 Å². The van der Waals surface area contributed by atoms with E-state index in [4.69, 9.17) is 4.74 Å². The Morgan fingerprint density at radius 1 is 1.05 bits per heavy atom. The molecular formula is C19H31NO2. The van der Waals surface area contributed by atoms with Gasteiger partial charge in [-0.2, -0.15) is 0 Å². The van der Waals surface area contributed by atoms with Crippen molar-refractivity contribution < 1.29 is 9.53 Å². The Hall–Kier alpha value is -0.570. The first-order valence-corrected chi connectivity index (χ1v) is 9.65. The highest BCUT2D eigenvalue weighted by atomic mass is 16.5. The molecule has 0 radical (unpaired) electrons. The normalized spacial score (nSPS) is 42.3. The third-order valence-electron chi connectivity index (χ3n) is 7.02. The number of carbonyl (C=O) groups is 1. The molecule has 3 nitrogen and oxygen atoms in total. The summed E-state index contributed by atoms with van der Waals surface area (Å²) in [6.07, 6.45) is 10.9. The minimum atomic E-state index is 0.0385. The molecule has 0 N–H and O–H groups in total. The lowest BCUT2D eigenvalue weighted by Gasteiger charge is -2.33.